The van der Waals surface area contributed by atoms with Crippen molar-refractivity contribution in [2.45, 2.75) is 26.8 Å². The first-order chi connectivity index (χ1) is 10.7. The fraction of sp³-hybridized carbons (Fsp3) is 0.444. The van der Waals surface area contributed by atoms with Crippen molar-refractivity contribution >= 4 is 17.0 Å². The number of aryl methyl sites for hydroxylation is 1. The number of halogens is 1. The average molecular weight is 318 g/mol. The minimum absolute atomic E-state index is 0.113. The molecule has 2 nitrogen and oxygen atoms in total. The molecule has 2 aromatic rings. The Kier molecular flexibility index (Phi) is 4.79. The van der Waals surface area contributed by atoms with E-state index in [0.29, 0.717) is 0 Å². The van der Waals surface area contributed by atoms with Gasteiger partial charge in [-0.1, -0.05) is 19.1 Å². The molecule has 0 radical (unpaired) electrons. The highest BCUT2D eigenvalue weighted by molar-refractivity contribution is 7.10. The van der Waals surface area contributed by atoms with Crippen LogP contribution in [0.25, 0.3) is 0 Å². The van der Waals surface area contributed by atoms with Crippen LogP contribution >= 0.6 is 11.3 Å². The molecule has 0 amide bonds. The molecular weight excluding hydrogens is 295 g/mol. The summed E-state index contributed by atoms with van der Waals surface area (Å²) in [7, 11) is 0. The lowest BCUT2D eigenvalue weighted by atomic mass is 10.1. The molecule has 1 aliphatic heterocycles. The maximum atomic E-state index is 13.9. The van der Waals surface area contributed by atoms with Crippen LogP contribution < -0.4 is 4.90 Å². The average Bonchev–Trinajstić information content (AvgIpc) is 2.88. The van der Waals surface area contributed by atoms with E-state index in [2.05, 4.69) is 29.0 Å². The molecule has 1 aromatic heterocycles. The summed E-state index contributed by atoms with van der Waals surface area (Å²) in [6, 6.07) is 7.08. The molecule has 0 bridgehead atoms. The Morgan fingerprint density at radius 1 is 1.14 bits per heavy atom. The van der Waals surface area contributed by atoms with E-state index in [-0.39, 0.29) is 5.82 Å². The van der Waals surface area contributed by atoms with E-state index in [9.17, 15) is 4.39 Å². The number of thiophene rings is 1. The molecule has 4 heteroatoms. The summed E-state index contributed by atoms with van der Waals surface area (Å²) >= 11 is 1.86. The van der Waals surface area contributed by atoms with E-state index in [4.69, 9.17) is 0 Å². The van der Waals surface area contributed by atoms with Gasteiger partial charge in [0.25, 0.3) is 0 Å². The first kappa shape index (κ1) is 15.5. The number of piperazine rings is 1. The number of hydrogen-bond donors (Lipinski definition) is 0. The van der Waals surface area contributed by atoms with Gasteiger partial charge in [-0.05, 0) is 42.0 Å². The normalized spacial score (nSPS) is 16.2. The highest BCUT2D eigenvalue weighted by atomic mass is 32.1. The van der Waals surface area contributed by atoms with Crippen molar-refractivity contribution < 1.29 is 4.39 Å². The molecular formula is C18H23FN2S. The number of benzene rings is 1. The van der Waals surface area contributed by atoms with E-state index in [0.717, 1.165) is 44.8 Å². The summed E-state index contributed by atoms with van der Waals surface area (Å²) < 4.78 is 13.9. The third-order valence-electron chi connectivity index (χ3n) is 4.50. The zero-order chi connectivity index (χ0) is 15.5. The molecule has 22 heavy (non-hydrogen) atoms. The van der Waals surface area contributed by atoms with Crippen LogP contribution in [0.3, 0.4) is 0 Å². The topological polar surface area (TPSA) is 6.48 Å². The molecule has 0 atom stereocenters. The fourth-order valence-corrected chi connectivity index (χ4v) is 4.19. The summed E-state index contributed by atoms with van der Waals surface area (Å²) in [5.74, 6) is -0.113. The predicted molar refractivity (Wildman–Crippen MR) is 92.3 cm³/mol. The Morgan fingerprint density at radius 3 is 2.55 bits per heavy atom. The quantitative estimate of drug-likeness (QED) is 0.838. The van der Waals surface area contributed by atoms with Gasteiger partial charge in [-0.3, -0.25) is 4.90 Å². The lowest BCUT2D eigenvalue weighted by Gasteiger charge is -2.36. The van der Waals surface area contributed by atoms with Crippen LogP contribution in [0.2, 0.25) is 0 Å². The largest absolute Gasteiger partial charge is 0.367 e. The second kappa shape index (κ2) is 6.80. The fourth-order valence-electron chi connectivity index (χ4n) is 3.23. The first-order valence-corrected chi connectivity index (χ1v) is 8.84. The van der Waals surface area contributed by atoms with Crippen LogP contribution in [-0.4, -0.2) is 31.1 Å². The maximum Gasteiger partial charge on any atom is 0.146 e. The Hall–Kier alpha value is -1.39. The smallest absolute Gasteiger partial charge is 0.146 e. The van der Waals surface area contributed by atoms with E-state index in [1.807, 2.05) is 23.5 Å². The van der Waals surface area contributed by atoms with Crippen molar-refractivity contribution in [2.75, 3.05) is 31.1 Å². The highest BCUT2D eigenvalue weighted by Crippen LogP contribution is 2.25. The minimum Gasteiger partial charge on any atom is -0.367 e. The molecule has 0 aliphatic carbocycles. The second-order valence-electron chi connectivity index (χ2n) is 5.86. The molecule has 1 aliphatic rings. The molecule has 1 saturated heterocycles. The zero-order valence-corrected chi connectivity index (χ0v) is 14.1. The monoisotopic (exact) mass is 318 g/mol. The van der Waals surface area contributed by atoms with Gasteiger partial charge in [0.15, 0.2) is 0 Å². The molecule has 2 heterocycles. The Balaban J connectivity index is 1.61. The predicted octanol–water partition coefficient (Wildman–Crippen LogP) is 4.08. The summed E-state index contributed by atoms with van der Waals surface area (Å²) in [6.07, 6.45) is 1.11. The van der Waals surface area contributed by atoms with Crippen LogP contribution in [0.1, 0.15) is 22.9 Å². The van der Waals surface area contributed by atoms with Gasteiger partial charge in [0, 0.05) is 37.6 Å². The maximum absolute atomic E-state index is 13.9. The second-order valence-corrected chi connectivity index (χ2v) is 6.95. The molecule has 0 saturated carbocycles. The lowest BCUT2D eigenvalue weighted by molar-refractivity contribution is 0.249. The van der Waals surface area contributed by atoms with E-state index in [1.54, 1.807) is 12.1 Å². The van der Waals surface area contributed by atoms with Crippen LogP contribution in [0.4, 0.5) is 10.1 Å². The van der Waals surface area contributed by atoms with Crippen molar-refractivity contribution in [2.24, 2.45) is 0 Å². The van der Waals surface area contributed by atoms with E-state index >= 15 is 0 Å². The van der Waals surface area contributed by atoms with Gasteiger partial charge in [0.05, 0.1) is 5.69 Å². The number of hydrogen-bond acceptors (Lipinski definition) is 3. The van der Waals surface area contributed by atoms with Gasteiger partial charge in [-0.2, -0.15) is 0 Å². The van der Waals surface area contributed by atoms with Crippen molar-refractivity contribution in [3.8, 4) is 0 Å². The van der Waals surface area contributed by atoms with Crippen LogP contribution in [0.15, 0.2) is 29.6 Å². The number of para-hydroxylation sites is 1. The standard InChI is InChI=1S/C18H23FN2S/c1-3-16-14(2)22-13-15(16)12-20-8-10-21(11-9-20)18-7-5-4-6-17(18)19/h4-7,13H,3,8-12H2,1-2H3. The minimum atomic E-state index is -0.113. The Morgan fingerprint density at radius 2 is 1.86 bits per heavy atom. The van der Waals surface area contributed by atoms with Crippen LogP contribution in [-0.2, 0) is 13.0 Å². The highest BCUT2D eigenvalue weighted by Gasteiger charge is 2.20. The first-order valence-electron chi connectivity index (χ1n) is 7.96. The summed E-state index contributed by atoms with van der Waals surface area (Å²) in [5, 5.41) is 2.30. The molecule has 118 valence electrons. The molecule has 0 spiro atoms. The number of nitrogens with zero attached hydrogens (tertiary/aromatic N) is 2. The third-order valence-corrected chi connectivity index (χ3v) is 5.51. The summed E-state index contributed by atoms with van der Waals surface area (Å²) in [5.41, 5.74) is 3.73. The molecule has 0 N–H and O–H groups in total. The van der Waals surface area contributed by atoms with Gasteiger partial charge in [0.2, 0.25) is 0 Å². The SMILES string of the molecule is CCc1c(CN2CCN(c3ccccc3F)CC2)csc1C. The Labute approximate surface area is 136 Å². The summed E-state index contributed by atoms with van der Waals surface area (Å²) in [4.78, 5) is 6.09. The van der Waals surface area contributed by atoms with Crippen LogP contribution in [0.5, 0.6) is 0 Å². The van der Waals surface area contributed by atoms with Crippen LogP contribution in [0, 0.1) is 12.7 Å². The van der Waals surface area contributed by atoms with Gasteiger partial charge >= 0.3 is 0 Å². The van der Waals surface area contributed by atoms with Gasteiger partial charge < -0.3 is 4.90 Å². The Bertz CT molecular complexity index is 630. The van der Waals surface area contributed by atoms with Gasteiger partial charge in [-0.25, -0.2) is 4.39 Å². The third kappa shape index (κ3) is 3.18. The van der Waals surface area contributed by atoms with Crippen molar-refractivity contribution in [3.63, 3.8) is 0 Å². The molecule has 3 rings (SSSR count). The van der Waals surface area contributed by atoms with E-state index in [1.165, 1.54) is 16.0 Å². The van der Waals surface area contributed by atoms with Crippen molar-refractivity contribution in [3.05, 3.63) is 51.5 Å². The molecule has 1 aromatic carbocycles. The lowest BCUT2D eigenvalue weighted by Crippen LogP contribution is -2.46. The zero-order valence-electron chi connectivity index (χ0n) is 13.3. The van der Waals surface area contributed by atoms with Crippen molar-refractivity contribution in [1.29, 1.82) is 0 Å². The molecule has 0 unspecified atom stereocenters. The van der Waals surface area contributed by atoms with E-state index < -0.39 is 0 Å². The number of rotatable bonds is 4. The number of anilines is 1. The molecule has 1 fully saturated rings. The van der Waals surface area contributed by atoms with Gasteiger partial charge in [-0.15, -0.1) is 11.3 Å². The summed E-state index contributed by atoms with van der Waals surface area (Å²) in [6.45, 7) is 9.24. The van der Waals surface area contributed by atoms with Gasteiger partial charge in [0.1, 0.15) is 5.82 Å². The van der Waals surface area contributed by atoms with Crippen molar-refractivity contribution in [1.82, 2.24) is 4.90 Å².